The number of likely N-dealkylation sites (N-methyl/N-ethyl adjacent to an activating group) is 1. The van der Waals surface area contributed by atoms with Crippen LogP contribution in [-0.2, 0) is 22.6 Å². The van der Waals surface area contributed by atoms with E-state index in [1.54, 1.807) is 19.0 Å². The van der Waals surface area contributed by atoms with Gasteiger partial charge >= 0.3 is 0 Å². The van der Waals surface area contributed by atoms with Crippen LogP contribution in [0.5, 0.6) is 0 Å². The molecule has 0 fully saturated rings. The molecule has 0 spiro atoms. The van der Waals surface area contributed by atoms with Crippen molar-refractivity contribution in [3.63, 3.8) is 0 Å². The number of hydrogen-bond acceptors (Lipinski definition) is 2. The first-order chi connectivity index (χ1) is 10.7. The first-order valence-corrected chi connectivity index (χ1v) is 7.57. The van der Waals surface area contributed by atoms with Crippen LogP contribution in [0.4, 0.5) is 0 Å². The molecule has 2 aromatic carbocycles. The van der Waals surface area contributed by atoms with Crippen molar-refractivity contribution in [1.82, 2.24) is 4.90 Å². The topological polar surface area (TPSA) is 29.5 Å². The van der Waals surface area contributed by atoms with Gasteiger partial charge in [-0.25, -0.2) is 0 Å². The summed E-state index contributed by atoms with van der Waals surface area (Å²) in [4.78, 5) is 13.9. The number of benzene rings is 2. The Hall–Kier alpha value is -2.13. The second-order valence-electron chi connectivity index (χ2n) is 5.54. The lowest BCUT2D eigenvalue weighted by molar-refractivity contribution is -0.142. The van der Waals surface area contributed by atoms with Crippen LogP contribution < -0.4 is 0 Å². The summed E-state index contributed by atoms with van der Waals surface area (Å²) < 4.78 is 5.88. The van der Waals surface area contributed by atoms with E-state index in [1.807, 2.05) is 48.5 Å². The van der Waals surface area contributed by atoms with Crippen molar-refractivity contribution in [3.05, 3.63) is 71.8 Å². The molecule has 0 bridgehead atoms. The Morgan fingerprint density at radius 3 is 2.05 bits per heavy atom. The number of nitrogens with zero attached hydrogens (tertiary/aromatic N) is 1. The third kappa shape index (κ3) is 5.01. The smallest absolute Gasteiger partial charge is 0.251 e. The molecule has 1 unspecified atom stereocenters. The Balaban J connectivity index is 1.95. The van der Waals surface area contributed by atoms with Gasteiger partial charge in [-0.05, 0) is 24.0 Å². The molecule has 116 valence electrons. The lowest BCUT2D eigenvalue weighted by atomic mass is 10.1. The largest absolute Gasteiger partial charge is 0.364 e. The molecular weight excluding hydrogens is 274 g/mol. The van der Waals surface area contributed by atoms with Gasteiger partial charge in [-0.1, -0.05) is 60.7 Å². The van der Waals surface area contributed by atoms with Gasteiger partial charge in [-0.3, -0.25) is 4.79 Å². The Morgan fingerprint density at radius 1 is 0.955 bits per heavy atom. The van der Waals surface area contributed by atoms with E-state index < -0.39 is 6.10 Å². The minimum absolute atomic E-state index is 0.0202. The molecule has 0 saturated carbocycles. The molecule has 0 aliphatic rings. The average molecular weight is 297 g/mol. The maximum atomic E-state index is 12.3. The minimum atomic E-state index is -0.407. The van der Waals surface area contributed by atoms with E-state index >= 15 is 0 Å². The molecule has 0 heterocycles. The van der Waals surface area contributed by atoms with Crippen LogP contribution >= 0.6 is 0 Å². The predicted molar refractivity (Wildman–Crippen MR) is 88.5 cm³/mol. The number of ether oxygens (including phenoxy) is 1. The average Bonchev–Trinajstić information content (AvgIpc) is 2.56. The molecule has 22 heavy (non-hydrogen) atoms. The van der Waals surface area contributed by atoms with Crippen molar-refractivity contribution >= 4 is 5.91 Å². The molecule has 2 aromatic rings. The normalized spacial score (nSPS) is 11.9. The monoisotopic (exact) mass is 297 g/mol. The van der Waals surface area contributed by atoms with Crippen molar-refractivity contribution < 1.29 is 9.53 Å². The number of aryl methyl sites for hydroxylation is 1. The summed E-state index contributed by atoms with van der Waals surface area (Å²) in [5.41, 5.74) is 2.31. The zero-order valence-electron chi connectivity index (χ0n) is 13.2. The van der Waals surface area contributed by atoms with Crippen molar-refractivity contribution in [2.75, 3.05) is 14.1 Å². The summed E-state index contributed by atoms with van der Waals surface area (Å²) in [5.74, 6) is 0.0202. The van der Waals surface area contributed by atoms with E-state index in [0.29, 0.717) is 13.0 Å². The summed E-state index contributed by atoms with van der Waals surface area (Å²) in [6.45, 7) is 0.458. The van der Waals surface area contributed by atoms with Crippen molar-refractivity contribution in [1.29, 1.82) is 0 Å². The van der Waals surface area contributed by atoms with Gasteiger partial charge in [0.15, 0.2) is 0 Å². The zero-order valence-corrected chi connectivity index (χ0v) is 13.2. The van der Waals surface area contributed by atoms with E-state index in [1.165, 1.54) is 5.56 Å². The van der Waals surface area contributed by atoms with Crippen molar-refractivity contribution in [2.24, 2.45) is 0 Å². The molecule has 0 radical (unpaired) electrons. The Kier molecular flexibility index (Phi) is 6.16. The van der Waals surface area contributed by atoms with Crippen LogP contribution in [0.1, 0.15) is 17.5 Å². The van der Waals surface area contributed by atoms with E-state index in [0.717, 1.165) is 12.0 Å². The molecule has 3 heteroatoms. The molecule has 3 nitrogen and oxygen atoms in total. The van der Waals surface area contributed by atoms with Gasteiger partial charge in [0.05, 0.1) is 6.61 Å². The highest BCUT2D eigenvalue weighted by Crippen LogP contribution is 2.12. The quantitative estimate of drug-likeness (QED) is 0.785. The first-order valence-electron chi connectivity index (χ1n) is 7.57. The van der Waals surface area contributed by atoms with Crippen LogP contribution in [0.3, 0.4) is 0 Å². The molecule has 0 aliphatic carbocycles. The fourth-order valence-corrected chi connectivity index (χ4v) is 2.28. The highest BCUT2D eigenvalue weighted by Gasteiger charge is 2.20. The van der Waals surface area contributed by atoms with Crippen molar-refractivity contribution in [2.45, 2.75) is 25.6 Å². The summed E-state index contributed by atoms with van der Waals surface area (Å²) in [5, 5.41) is 0. The fourth-order valence-electron chi connectivity index (χ4n) is 2.28. The Labute approximate surface area is 132 Å². The number of carbonyl (C=O) groups is 1. The van der Waals surface area contributed by atoms with E-state index in [9.17, 15) is 4.79 Å². The fraction of sp³-hybridized carbons (Fsp3) is 0.316. The van der Waals surface area contributed by atoms with Crippen molar-refractivity contribution in [3.8, 4) is 0 Å². The van der Waals surface area contributed by atoms with Crippen LogP contribution in [0, 0.1) is 0 Å². The third-order valence-corrected chi connectivity index (χ3v) is 3.55. The van der Waals surface area contributed by atoms with E-state index in [2.05, 4.69) is 12.1 Å². The molecule has 0 N–H and O–H groups in total. The lowest BCUT2D eigenvalue weighted by Crippen LogP contribution is -2.35. The van der Waals surface area contributed by atoms with Crippen LogP contribution in [-0.4, -0.2) is 31.0 Å². The van der Waals surface area contributed by atoms with Gasteiger partial charge in [0.1, 0.15) is 6.10 Å². The molecule has 1 atom stereocenters. The highest BCUT2D eigenvalue weighted by atomic mass is 16.5. The number of carbonyl (C=O) groups excluding carboxylic acids is 1. The van der Waals surface area contributed by atoms with Crippen LogP contribution in [0.25, 0.3) is 0 Å². The summed E-state index contributed by atoms with van der Waals surface area (Å²) in [7, 11) is 3.54. The molecular formula is C19H23NO2. The van der Waals surface area contributed by atoms with E-state index in [-0.39, 0.29) is 5.91 Å². The van der Waals surface area contributed by atoms with Crippen LogP contribution in [0.15, 0.2) is 60.7 Å². The second kappa shape index (κ2) is 8.35. The van der Waals surface area contributed by atoms with Crippen LogP contribution in [0.2, 0.25) is 0 Å². The molecule has 0 saturated heterocycles. The Morgan fingerprint density at radius 2 is 1.50 bits per heavy atom. The minimum Gasteiger partial charge on any atom is -0.364 e. The first kappa shape index (κ1) is 16.2. The lowest BCUT2D eigenvalue weighted by Gasteiger charge is -2.21. The predicted octanol–water partition coefficient (Wildman–Crippen LogP) is 3.29. The molecule has 0 aromatic heterocycles. The number of amides is 1. The molecule has 2 rings (SSSR count). The third-order valence-electron chi connectivity index (χ3n) is 3.55. The zero-order chi connectivity index (χ0) is 15.8. The molecule has 1 amide bonds. The summed E-state index contributed by atoms with van der Waals surface area (Å²) >= 11 is 0. The van der Waals surface area contributed by atoms with Gasteiger partial charge in [0.2, 0.25) is 0 Å². The summed E-state index contributed by atoms with van der Waals surface area (Å²) in [6, 6.07) is 20.1. The Bertz CT molecular complexity index is 523. The maximum absolute atomic E-state index is 12.3. The van der Waals surface area contributed by atoms with Gasteiger partial charge in [0, 0.05) is 14.1 Å². The number of hydrogen-bond donors (Lipinski definition) is 0. The number of rotatable bonds is 7. The maximum Gasteiger partial charge on any atom is 0.251 e. The van der Waals surface area contributed by atoms with Gasteiger partial charge in [-0.15, -0.1) is 0 Å². The standard InChI is InChI=1S/C19H23NO2/c1-20(2)19(21)18(14-13-16-9-5-3-6-10-16)22-15-17-11-7-4-8-12-17/h3-12,18H,13-15H2,1-2H3. The van der Waals surface area contributed by atoms with E-state index in [4.69, 9.17) is 4.74 Å². The van der Waals surface area contributed by atoms with Gasteiger partial charge in [0.25, 0.3) is 5.91 Å². The highest BCUT2D eigenvalue weighted by molar-refractivity contribution is 5.80. The van der Waals surface area contributed by atoms with Gasteiger partial charge < -0.3 is 9.64 Å². The van der Waals surface area contributed by atoms with Gasteiger partial charge in [-0.2, -0.15) is 0 Å². The summed E-state index contributed by atoms with van der Waals surface area (Å²) in [6.07, 6.45) is 1.11. The molecule has 0 aliphatic heterocycles. The SMILES string of the molecule is CN(C)C(=O)C(CCc1ccccc1)OCc1ccccc1. The second-order valence-corrected chi connectivity index (χ2v) is 5.54.